The fourth-order valence-corrected chi connectivity index (χ4v) is 4.65. The summed E-state index contributed by atoms with van der Waals surface area (Å²) in [5.74, 6) is 1.41. The Morgan fingerprint density at radius 3 is 2.50 bits per heavy atom. The van der Waals surface area contributed by atoms with E-state index in [0.29, 0.717) is 11.7 Å². The van der Waals surface area contributed by atoms with Crippen LogP contribution in [0.5, 0.6) is 0 Å². The Kier molecular flexibility index (Phi) is 5.36. The van der Waals surface area contributed by atoms with E-state index in [1.807, 2.05) is 41.3 Å². The van der Waals surface area contributed by atoms with Crippen LogP contribution in [0.4, 0.5) is 0 Å². The molecule has 1 unspecified atom stereocenters. The van der Waals surface area contributed by atoms with E-state index in [1.165, 1.54) is 32.1 Å². The summed E-state index contributed by atoms with van der Waals surface area (Å²) in [6.07, 6.45) is 9.86. The first-order valence-electron chi connectivity index (χ1n) is 10.2. The van der Waals surface area contributed by atoms with Crippen molar-refractivity contribution < 1.29 is 5.11 Å². The van der Waals surface area contributed by atoms with Gasteiger partial charge >= 0.3 is 0 Å². The second-order valence-electron chi connectivity index (χ2n) is 7.95. The van der Waals surface area contributed by atoms with Gasteiger partial charge in [-0.15, -0.1) is 0 Å². The third-order valence-corrected chi connectivity index (χ3v) is 6.19. The van der Waals surface area contributed by atoms with Gasteiger partial charge in [0.25, 0.3) is 0 Å². The van der Waals surface area contributed by atoms with Gasteiger partial charge in [0.1, 0.15) is 6.33 Å². The van der Waals surface area contributed by atoms with Gasteiger partial charge in [0.2, 0.25) is 0 Å². The van der Waals surface area contributed by atoms with Crippen LogP contribution in [0.15, 0.2) is 36.7 Å². The number of piperidine rings is 1. The van der Waals surface area contributed by atoms with Gasteiger partial charge in [-0.3, -0.25) is 4.68 Å². The summed E-state index contributed by atoms with van der Waals surface area (Å²) >= 11 is 0. The van der Waals surface area contributed by atoms with Crippen LogP contribution < -0.4 is 5.32 Å². The minimum absolute atomic E-state index is 0.188. The zero-order valence-corrected chi connectivity index (χ0v) is 15.5. The predicted molar refractivity (Wildman–Crippen MR) is 102 cm³/mol. The molecule has 1 atom stereocenters. The highest BCUT2D eigenvalue weighted by molar-refractivity contribution is 5.30. The lowest BCUT2D eigenvalue weighted by atomic mass is 9.73. The molecule has 1 aliphatic heterocycles. The highest BCUT2D eigenvalue weighted by Gasteiger charge is 2.43. The summed E-state index contributed by atoms with van der Waals surface area (Å²) < 4.78 is 1.95. The van der Waals surface area contributed by atoms with E-state index in [-0.39, 0.29) is 5.92 Å². The first-order chi connectivity index (χ1) is 12.8. The van der Waals surface area contributed by atoms with E-state index in [9.17, 15) is 5.11 Å². The van der Waals surface area contributed by atoms with E-state index in [0.717, 1.165) is 38.0 Å². The van der Waals surface area contributed by atoms with Crippen molar-refractivity contribution in [2.24, 2.45) is 11.8 Å². The van der Waals surface area contributed by atoms with Gasteiger partial charge in [-0.05, 0) is 56.2 Å². The molecule has 0 radical (unpaired) electrons. The highest BCUT2D eigenvalue weighted by atomic mass is 16.3. The van der Waals surface area contributed by atoms with E-state index in [2.05, 4.69) is 10.3 Å². The Bertz CT molecular complexity index is 689. The Balaban J connectivity index is 1.61. The largest absolute Gasteiger partial charge is 0.377 e. The van der Waals surface area contributed by atoms with Gasteiger partial charge < -0.3 is 10.4 Å². The van der Waals surface area contributed by atoms with Crippen LogP contribution >= 0.6 is 0 Å². The number of hydrogen-bond donors (Lipinski definition) is 2. The van der Waals surface area contributed by atoms with Gasteiger partial charge in [-0.25, -0.2) is 4.98 Å². The van der Waals surface area contributed by atoms with Gasteiger partial charge in [-0.1, -0.05) is 49.6 Å². The molecule has 1 aliphatic carbocycles. The number of nitrogens with zero attached hydrogens (tertiary/aromatic N) is 3. The topological polar surface area (TPSA) is 63.0 Å². The third kappa shape index (κ3) is 3.55. The van der Waals surface area contributed by atoms with Crippen LogP contribution in [-0.2, 0) is 12.1 Å². The molecule has 2 N–H and O–H groups in total. The maximum atomic E-state index is 11.8. The lowest BCUT2D eigenvalue weighted by Gasteiger charge is -2.37. The van der Waals surface area contributed by atoms with Crippen LogP contribution in [0, 0.1) is 11.8 Å². The summed E-state index contributed by atoms with van der Waals surface area (Å²) in [5, 5.41) is 20.0. The second-order valence-corrected chi connectivity index (χ2v) is 7.95. The van der Waals surface area contributed by atoms with Crippen LogP contribution in [-0.4, -0.2) is 33.0 Å². The first kappa shape index (κ1) is 17.7. The molecular formula is C21H30N4O. The molecule has 1 aromatic heterocycles. The molecule has 2 aromatic rings. The number of aromatic nitrogens is 3. The number of hydrogen-bond acceptors (Lipinski definition) is 4. The van der Waals surface area contributed by atoms with Gasteiger partial charge in [0, 0.05) is 6.54 Å². The molecule has 1 aromatic carbocycles. The number of aliphatic hydroxyl groups is 1. The first-order valence-corrected chi connectivity index (χ1v) is 10.2. The van der Waals surface area contributed by atoms with E-state index < -0.39 is 5.60 Å². The van der Waals surface area contributed by atoms with Crippen molar-refractivity contribution in [1.82, 2.24) is 20.1 Å². The Morgan fingerprint density at radius 2 is 1.77 bits per heavy atom. The summed E-state index contributed by atoms with van der Waals surface area (Å²) in [7, 11) is 0. The molecule has 5 nitrogen and oxygen atoms in total. The van der Waals surface area contributed by atoms with Crippen molar-refractivity contribution >= 4 is 0 Å². The van der Waals surface area contributed by atoms with E-state index in [1.54, 1.807) is 0 Å². The summed E-state index contributed by atoms with van der Waals surface area (Å²) in [4.78, 5) is 4.59. The molecule has 0 bridgehead atoms. The van der Waals surface area contributed by atoms with Gasteiger partial charge in [0.05, 0.1) is 0 Å². The van der Waals surface area contributed by atoms with Crippen molar-refractivity contribution in [2.75, 3.05) is 13.1 Å². The second kappa shape index (κ2) is 7.89. The number of nitrogens with one attached hydrogen (secondary N) is 1. The zero-order valence-electron chi connectivity index (χ0n) is 15.5. The maximum Gasteiger partial charge on any atom is 0.187 e. The lowest BCUT2D eigenvalue weighted by molar-refractivity contribution is -0.00862. The van der Waals surface area contributed by atoms with Crippen molar-refractivity contribution in [3.05, 3.63) is 48.0 Å². The fraction of sp³-hybridized carbons (Fsp3) is 0.619. The molecular weight excluding hydrogens is 324 g/mol. The molecule has 0 spiro atoms. The third-order valence-electron chi connectivity index (χ3n) is 6.19. The monoisotopic (exact) mass is 354 g/mol. The van der Waals surface area contributed by atoms with Crippen molar-refractivity contribution in [2.45, 2.75) is 57.1 Å². The van der Waals surface area contributed by atoms with Crippen LogP contribution in [0.25, 0.3) is 0 Å². The molecule has 2 fully saturated rings. The Hall–Kier alpha value is -1.72. The molecule has 1 saturated carbocycles. The van der Waals surface area contributed by atoms with E-state index >= 15 is 0 Å². The normalized spacial score (nSPS) is 22.2. The molecule has 5 heteroatoms. The summed E-state index contributed by atoms with van der Waals surface area (Å²) in [6, 6.07) is 10.0. The zero-order chi connectivity index (χ0) is 17.8. The number of benzene rings is 1. The molecule has 0 amide bonds. The maximum absolute atomic E-state index is 11.8. The summed E-state index contributed by atoms with van der Waals surface area (Å²) in [5.41, 5.74) is -0.160. The molecule has 4 rings (SSSR count). The SMILES string of the molecule is OC(c1ccccc1)(c1ncn(CC2CCNCC2)n1)C1CCCCC1. The Morgan fingerprint density at radius 1 is 1.04 bits per heavy atom. The minimum atomic E-state index is -1.08. The van der Waals surface area contributed by atoms with Crippen LogP contribution in [0.3, 0.4) is 0 Å². The van der Waals surface area contributed by atoms with Gasteiger partial charge in [0.15, 0.2) is 11.4 Å². The van der Waals surface area contributed by atoms with Crippen molar-refractivity contribution in [3.63, 3.8) is 0 Å². The smallest absolute Gasteiger partial charge is 0.187 e. The van der Waals surface area contributed by atoms with Crippen LogP contribution in [0.2, 0.25) is 0 Å². The molecule has 2 aliphatic rings. The van der Waals surface area contributed by atoms with Crippen molar-refractivity contribution in [1.29, 1.82) is 0 Å². The molecule has 140 valence electrons. The fourth-order valence-electron chi connectivity index (χ4n) is 4.65. The predicted octanol–water partition coefficient (Wildman–Crippen LogP) is 3.09. The van der Waals surface area contributed by atoms with Crippen molar-refractivity contribution in [3.8, 4) is 0 Å². The molecule has 1 saturated heterocycles. The summed E-state index contributed by atoms with van der Waals surface area (Å²) in [6.45, 7) is 3.06. The number of rotatable bonds is 5. The highest BCUT2D eigenvalue weighted by Crippen LogP contribution is 2.42. The average molecular weight is 354 g/mol. The standard InChI is InChI=1S/C21H30N4O/c26-21(18-7-3-1-4-8-18,19-9-5-2-6-10-19)20-23-16-25(24-20)15-17-11-13-22-14-12-17/h1,3-4,7-8,16-17,19,22,26H,2,5-6,9-15H2. The van der Waals surface area contributed by atoms with E-state index in [4.69, 9.17) is 5.10 Å². The Labute approximate surface area is 155 Å². The quantitative estimate of drug-likeness (QED) is 0.866. The minimum Gasteiger partial charge on any atom is -0.377 e. The van der Waals surface area contributed by atoms with Gasteiger partial charge in [-0.2, -0.15) is 5.10 Å². The lowest BCUT2D eigenvalue weighted by Crippen LogP contribution is -2.39. The van der Waals surface area contributed by atoms with Crippen LogP contribution in [0.1, 0.15) is 56.3 Å². The average Bonchev–Trinajstić information content (AvgIpc) is 3.18. The molecule has 26 heavy (non-hydrogen) atoms. The molecule has 2 heterocycles.